The Labute approximate surface area is 223 Å². The van der Waals surface area contributed by atoms with Crippen molar-refractivity contribution in [2.75, 3.05) is 4.72 Å². The minimum atomic E-state index is -5.37. The summed E-state index contributed by atoms with van der Waals surface area (Å²) in [7, 11) is -4.41. The third-order valence-corrected chi connectivity index (χ3v) is 6.76. The third kappa shape index (κ3) is 6.35. The minimum Gasteiger partial charge on any atom is -0.456 e. The second-order valence-corrected chi connectivity index (χ2v) is 9.84. The fourth-order valence-corrected chi connectivity index (χ4v) is 4.62. The van der Waals surface area contributed by atoms with Gasteiger partial charge >= 0.3 is 18.1 Å². The molecule has 0 bridgehead atoms. The molecule has 0 aliphatic carbocycles. The summed E-state index contributed by atoms with van der Waals surface area (Å²) >= 11 is 0. The number of esters is 2. The van der Waals surface area contributed by atoms with Crippen LogP contribution < -0.4 is 15.2 Å². The van der Waals surface area contributed by atoms with E-state index in [1.54, 1.807) is 30.3 Å². The number of alkyl halides is 3. The molecule has 14 heteroatoms. The standard InChI is InChI=1S/C26H17F4N3O6S/c27-18-6-10-22(21(13-18)38-20-9-5-15-11-17(23(31)32)2-1-16(15)12-20)40(36,37)33-19-7-3-14(4-8-19)24(34)39-25(35)26(28,29)30/h1-13,33H,(H3,31,32). The van der Waals surface area contributed by atoms with Crippen molar-refractivity contribution >= 4 is 44.3 Å². The van der Waals surface area contributed by atoms with Gasteiger partial charge in [-0.3, -0.25) is 10.1 Å². The third-order valence-electron chi connectivity index (χ3n) is 5.34. The number of carbonyl (C=O) groups is 2. The number of rotatable bonds is 7. The van der Waals surface area contributed by atoms with E-state index in [0.717, 1.165) is 47.9 Å². The number of carbonyl (C=O) groups excluding carboxylic acids is 2. The Bertz CT molecular complexity index is 1760. The topological polar surface area (TPSA) is 149 Å². The molecule has 4 aromatic rings. The minimum absolute atomic E-state index is 0.110. The van der Waals surface area contributed by atoms with Gasteiger partial charge in [-0.25, -0.2) is 22.4 Å². The first-order chi connectivity index (χ1) is 18.7. The van der Waals surface area contributed by atoms with Gasteiger partial charge in [-0.15, -0.1) is 0 Å². The number of hydrogen-bond acceptors (Lipinski definition) is 7. The van der Waals surface area contributed by atoms with Gasteiger partial charge in [-0.1, -0.05) is 18.2 Å². The fourth-order valence-electron chi connectivity index (χ4n) is 3.45. The Balaban J connectivity index is 1.56. The first kappa shape index (κ1) is 28.0. The molecule has 0 heterocycles. The van der Waals surface area contributed by atoms with Gasteiger partial charge in [0.1, 0.15) is 22.3 Å². The molecule has 0 aliphatic rings. The summed E-state index contributed by atoms with van der Waals surface area (Å²) in [6, 6.07) is 16.5. The lowest BCUT2D eigenvalue weighted by Crippen LogP contribution is -2.28. The number of fused-ring (bicyclic) bond motifs is 1. The van der Waals surface area contributed by atoms with E-state index >= 15 is 0 Å². The van der Waals surface area contributed by atoms with E-state index in [0.29, 0.717) is 10.9 Å². The van der Waals surface area contributed by atoms with Crippen LogP contribution in [0.2, 0.25) is 0 Å². The Morgan fingerprint density at radius 3 is 2.12 bits per heavy atom. The largest absolute Gasteiger partial charge is 0.491 e. The molecule has 40 heavy (non-hydrogen) atoms. The van der Waals surface area contributed by atoms with Crippen LogP contribution in [0.4, 0.5) is 23.2 Å². The second kappa shape index (κ2) is 10.6. The number of nitrogen functional groups attached to an aromatic ring is 1. The van der Waals surface area contributed by atoms with Crippen molar-refractivity contribution in [1.82, 2.24) is 0 Å². The van der Waals surface area contributed by atoms with Gasteiger partial charge in [-0.2, -0.15) is 13.2 Å². The molecule has 0 saturated heterocycles. The summed E-state index contributed by atoms with van der Waals surface area (Å²) in [5, 5.41) is 8.95. The first-order valence-electron chi connectivity index (χ1n) is 11.0. The first-order valence-corrected chi connectivity index (χ1v) is 12.5. The highest BCUT2D eigenvalue weighted by molar-refractivity contribution is 7.92. The van der Waals surface area contributed by atoms with Crippen molar-refractivity contribution in [3.05, 3.63) is 95.8 Å². The number of halogens is 4. The molecule has 0 fully saturated rings. The zero-order valence-corrected chi connectivity index (χ0v) is 20.8. The van der Waals surface area contributed by atoms with Crippen molar-refractivity contribution in [3.63, 3.8) is 0 Å². The van der Waals surface area contributed by atoms with Crippen LogP contribution in [0.15, 0.2) is 83.8 Å². The number of nitrogens with one attached hydrogen (secondary N) is 2. The average molecular weight is 575 g/mol. The zero-order valence-electron chi connectivity index (χ0n) is 20.0. The molecular weight excluding hydrogens is 558 g/mol. The molecule has 0 spiro atoms. The van der Waals surface area contributed by atoms with Crippen LogP contribution in [0.5, 0.6) is 11.5 Å². The average Bonchev–Trinajstić information content (AvgIpc) is 2.87. The Morgan fingerprint density at radius 1 is 0.850 bits per heavy atom. The number of amidine groups is 1. The molecule has 0 saturated carbocycles. The van der Waals surface area contributed by atoms with Gasteiger partial charge in [0.25, 0.3) is 10.0 Å². The van der Waals surface area contributed by atoms with E-state index in [1.807, 2.05) is 0 Å². The molecule has 4 aromatic carbocycles. The van der Waals surface area contributed by atoms with E-state index in [1.165, 1.54) is 6.07 Å². The SMILES string of the molecule is N=C(N)c1ccc2cc(Oc3cc(F)ccc3S(=O)(=O)Nc3ccc(C(=O)OC(=O)C(F)(F)F)cc3)ccc2c1. The molecule has 0 aliphatic heterocycles. The van der Waals surface area contributed by atoms with Crippen LogP contribution >= 0.6 is 0 Å². The van der Waals surface area contributed by atoms with Gasteiger partial charge in [0.2, 0.25) is 0 Å². The van der Waals surface area contributed by atoms with Crippen molar-refractivity contribution in [1.29, 1.82) is 5.41 Å². The Hall–Kier alpha value is -4.98. The summed E-state index contributed by atoms with van der Waals surface area (Å²) < 4.78 is 88.8. The van der Waals surface area contributed by atoms with E-state index in [4.69, 9.17) is 15.9 Å². The summed E-state index contributed by atoms with van der Waals surface area (Å²) in [6.45, 7) is 0. The number of anilines is 1. The molecule has 4 N–H and O–H groups in total. The quantitative estimate of drug-likeness (QED) is 0.0913. The molecule has 206 valence electrons. The molecule has 0 atom stereocenters. The fraction of sp³-hybridized carbons (Fsp3) is 0.0385. The lowest BCUT2D eigenvalue weighted by atomic mass is 10.1. The number of benzene rings is 4. The van der Waals surface area contributed by atoms with Crippen LogP contribution in [0.3, 0.4) is 0 Å². The highest BCUT2D eigenvalue weighted by Gasteiger charge is 2.42. The van der Waals surface area contributed by atoms with Crippen molar-refractivity contribution in [2.24, 2.45) is 5.73 Å². The van der Waals surface area contributed by atoms with Crippen LogP contribution in [0.1, 0.15) is 15.9 Å². The number of nitrogens with two attached hydrogens (primary N) is 1. The molecular formula is C26H17F4N3O6S. The highest BCUT2D eigenvalue weighted by atomic mass is 32.2. The summed E-state index contributed by atoms with van der Waals surface area (Å²) in [5.41, 5.74) is 5.45. The lowest BCUT2D eigenvalue weighted by Gasteiger charge is -2.14. The van der Waals surface area contributed by atoms with E-state index in [2.05, 4.69) is 9.46 Å². The smallest absolute Gasteiger partial charge is 0.456 e. The molecule has 4 rings (SSSR count). The van der Waals surface area contributed by atoms with Gasteiger partial charge in [-0.05, 0) is 65.4 Å². The maximum absolute atomic E-state index is 14.1. The molecule has 0 radical (unpaired) electrons. The van der Waals surface area contributed by atoms with Crippen molar-refractivity contribution < 1.29 is 45.0 Å². The van der Waals surface area contributed by atoms with E-state index in [9.17, 15) is 35.6 Å². The van der Waals surface area contributed by atoms with E-state index < -0.39 is 44.4 Å². The Morgan fingerprint density at radius 2 is 1.48 bits per heavy atom. The number of ether oxygens (including phenoxy) is 2. The van der Waals surface area contributed by atoms with Crippen molar-refractivity contribution in [2.45, 2.75) is 11.1 Å². The summed E-state index contributed by atoms with van der Waals surface area (Å²) in [6.07, 6.45) is -5.37. The maximum Gasteiger partial charge on any atom is 0.491 e. The molecule has 0 amide bonds. The molecule has 0 aromatic heterocycles. The number of sulfonamides is 1. The van der Waals surface area contributed by atoms with Gasteiger partial charge < -0.3 is 15.2 Å². The highest BCUT2D eigenvalue weighted by Crippen LogP contribution is 2.33. The summed E-state index contributed by atoms with van der Waals surface area (Å²) in [5.74, 6) is -5.34. The predicted molar refractivity (Wildman–Crippen MR) is 135 cm³/mol. The zero-order chi connectivity index (χ0) is 29.2. The van der Waals surface area contributed by atoms with Crippen molar-refractivity contribution in [3.8, 4) is 11.5 Å². The summed E-state index contributed by atoms with van der Waals surface area (Å²) in [4.78, 5) is 22.1. The maximum atomic E-state index is 14.1. The van der Waals surface area contributed by atoms with Crippen LogP contribution in [0, 0.1) is 11.2 Å². The van der Waals surface area contributed by atoms with Gasteiger partial charge in [0, 0.05) is 17.3 Å². The monoisotopic (exact) mass is 575 g/mol. The van der Waals surface area contributed by atoms with Crippen LogP contribution in [-0.2, 0) is 19.6 Å². The Kier molecular flexibility index (Phi) is 7.46. The number of hydrogen-bond donors (Lipinski definition) is 3. The molecule has 0 unspecified atom stereocenters. The second-order valence-electron chi connectivity index (χ2n) is 8.19. The molecule has 9 nitrogen and oxygen atoms in total. The van der Waals surface area contributed by atoms with Gasteiger partial charge in [0.15, 0.2) is 5.75 Å². The van der Waals surface area contributed by atoms with Crippen LogP contribution in [-0.4, -0.2) is 32.4 Å². The lowest BCUT2D eigenvalue weighted by molar-refractivity contribution is -0.193. The predicted octanol–water partition coefficient (Wildman–Crippen LogP) is 5.10. The van der Waals surface area contributed by atoms with Gasteiger partial charge in [0.05, 0.1) is 5.56 Å². The van der Waals surface area contributed by atoms with Crippen LogP contribution in [0.25, 0.3) is 10.8 Å². The normalized spacial score (nSPS) is 11.6. The van der Waals surface area contributed by atoms with E-state index in [-0.39, 0.29) is 23.0 Å².